The van der Waals surface area contributed by atoms with Gasteiger partial charge in [-0.3, -0.25) is 4.79 Å². The number of amides is 3. The number of carbonyl (C=O) groups excluding carboxylic acids is 2. The molecule has 3 amide bonds. The van der Waals surface area contributed by atoms with Gasteiger partial charge in [-0.15, -0.1) is 0 Å². The minimum absolute atomic E-state index is 0.110. The second kappa shape index (κ2) is 7.56. The minimum Gasteiger partial charge on any atom is -0.324 e. The average molecular weight is 355 g/mol. The van der Waals surface area contributed by atoms with E-state index in [4.69, 9.17) is 0 Å². The number of nitrogens with one attached hydrogen (secondary N) is 2. The molecule has 0 saturated carbocycles. The lowest BCUT2D eigenvalue weighted by Crippen LogP contribution is -2.45. The van der Waals surface area contributed by atoms with Gasteiger partial charge in [-0.1, -0.05) is 30.3 Å². The molecule has 0 spiro atoms. The van der Waals surface area contributed by atoms with Crippen molar-refractivity contribution in [3.8, 4) is 0 Å². The van der Waals surface area contributed by atoms with Crippen LogP contribution >= 0.6 is 0 Å². The fourth-order valence-electron chi connectivity index (χ4n) is 3.25. The Kier molecular flexibility index (Phi) is 5.21. The van der Waals surface area contributed by atoms with Crippen LogP contribution in [0.2, 0.25) is 0 Å². The van der Waals surface area contributed by atoms with Gasteiger partial charge in [0.2, 0.25) is 5.91 Å². The molecule has 1 fully saturated rings. The predicted molar refractivity (Wildman–Crippen MR) is 99.7 cm³/mol. The van der Waals surface area contributed by atoms with Gasteiger partial charge in [-0.2, -0.15) is 0 Å². The van der Waals surface area contributed by atoms with Crippen LogP contribution in [0, 0.1) is 19.7 Å². The second-order valence-corrected chi connectivity index (χ2v) is 6.52. The van der Waals surface area contributed by atoms with Crippen LogP contribution < -0.4 is 10.6 Å². The van der Waals surface area contributed by atoms with E-state index >= 15 is 0 Å². The van der Waals surface area contributed by atoms with Crippen LogP contribution in [0.3, 0.4) is 0 Å². The number of aryl methyl sites for hydroxylation is 2. The molecule has 2 N–H and O–H groups in total. The van der Waals surface area contributed by atoms with E-state index in [9.17, 15) is 14.0 Å². The number of benzene rings is 2. The molecule has 0 radical (unpaired) electrons. The third kappa shape index (κ3) is 3.69. The summed E-state index contributed by atoms with van der Waals surface area (Å²) in [5, 5.41) is 5.50. The van der Waals surface area contributed by atoms with Gasteiger partial charge in [0, 0.05) is 12.2 Å². The van der Waals surface area contributed by atoms with Gasteiger partial charge in [0.25, 0.3) is 0 Å². The number of hydrogen-bond donors (Lipinski definition) is 2. The first-order valence-corrected chi connectivity index (χ1v) is 8.66. The van der Waals surface area contributed by atoms with Crippen LogP contribution in [0.5, 0.6) is 0 Å². The van der Waals surface area contributed by atoms with E-state index in [1.807, 2.05) is 32.0 Å². The maximum Gasteiger partial charge on any atom is 0.322 e. The summed E-state index contributed by atoms with van der Waals surface area (Å²) in [5.74, 6) is -0.722. The first-order chi connectivity index (χ1) is 12.5. The molecule has 0 aliphatic carbocycles. The minimum atomic E-state index is -0.569. The van der Waals surface area contributed by atoms with Gasteiger partial charge in [-0.05, 0) is 49.9 Å². The van der Waals surface area contributed by atoms with Gasteiger partial charge in [0.05, 0.1) is 5.69 Å². The van der Waals surface area contributed by atoms with E-state index in [2.05, 4.69) is 10.6 Å². The molecule has 2 aromatic carbocycles. The van der Waals surface area contributed by atoms with E-state index in [0.29, 0.717) is 13.0 Å². The first kappa shape index (κ1) is 17.9. The number of anilines is 2. The van der Waals surface area contributed by atoms with Crippen LogP contribution in [0.4, 0.5) is 20.6 Å². The molecule has 3 rings (SSSR count). The highest BCUT2D eigenvalue weighted by atomic mass is 19.1. The monoisotopic (exact) mass is 355 g/mol. The number of hydrogen-bond acceptors (Lipinski definition) is 2. The maximum atomic E-state index is 13.8. The van der Waals surface area contributed by atoms with Gasteiger partial charge < -0.3 is 15.5 Å². The lowest BCUT2D eigenvalue weighted by Gasteiger charge is -2.25. The summed E-state index contributed by atoms with van der Waals surface area (Å²) >= 11 is 0. The van der Waals surface area contributed by atoms with Crippen molar-refractivity contribution in [1.82, 2.24) is 4.90 Å². The number of halogens is 1. The molecule has 0 unspecified atom stereocenters. The van der Waals surface area contributed by atoms with Crippen LogP contribution in [-0.4, -0.2) is 29.4 Å². The Bertz CT molecular complexity index is 817. The predicted octanol–water partition coefficient (Wildman–Crippen LogP) is 4.08. The van der Waals surface area contributed by atoms with Gasteiger partial charge in [0.15, 0.2) is 0 Å². The fourth-order valence-corrected chi connectivity index (χ4v) is 3.25. The Morgan fingerprint density at radius 1 is 1.04 bits per heavy atom. The molecule has 1 aliphatic rings. The standard InChI is InChI=1S/C20H22FN3O2/c1-13-7-5-8-14(2)18(13)23-19(25)17-11-6-12-24(17)20(26)22-16-10-4-3-9-15(16)21/h3-5,7-10,17H,6,11-12H2,1-2H3,(H,22,26)(H,23,25)/t17-/m0/s1. The van der Waals surface area contributed by atoms with Gasteiger partial charge >= 0.3 is 6.03 Å². The van der Waals surface area contributed by atoms with E-state index in [0.717, 1.165) is 23.2 Å². The Hall–Kier alpha value is -2.89. The number of nitrogens with zero attached hydrogens (tertiary/aromatic N) is 1. The number of carbonyl (C=O) groups is 2. The maximum absolute atomic E-state index is 13.8. The highest BCUT2D eigenvalue weighted by molar-refractivity contribution is 6.00. The van der Waals surface area contributed by atoms with Crippen molar-refractivity contribution in [2.45, 2.75) is 32.7 Å². The SMILES string of the molecule is Cc1cccc(C)c1NC(=O)[C@@H]1CCCN1C(=O)Nc1ccccc1F. The summed E-state index contributed by atoms with van der Waals surface area (Å²) in [6.07, 6.45) is 1.32. The zero-order chi connectivity index (χ0) is 18.7. The Morgan fingerprint density at radius 3 is 2.42 bits per heavy atom. The zero-order valence-electron chi connectivity index (χ0n) is 14.9. The van der Waals surface area contributed by atoms with Crippen molar-refractivity contribution >= 4 is 23.3 Å². The summed E-state index contributed by atoms with van der Waals surface area (Å²) in [5.41, 5.74) is 2.83. The van der Waals surface area contributed by atoms with Crippen molar-refractivity contribution in [2.75, 3.05) is 17.2 Å². The number of urea groups is 1. The molecule has 5 nitrogen and oxygen atoms in total. The van der Waals surface area contributed by atoms with Crippen molar-refractivity contribution in [1.29, 1.82) is 0 Å². The molecular weight excluding hydrogens is 333 g/mol. The molecule has 1 aliphatic heterocycles. The zero-order valence-corrected chi connectivity index (χ0v) is 14.9. The summed E-state index contributed by atoms with van der Waals surface area (Å²) in [6, 6.07) is 10.7. The molecule has 1 heterocycles. The number of rotatable bonds is 3. The van der Waals surface area contributed by atoms with Crippen molar-refractivity contribution < 1.29 is 14.0 Å². The molecule has 0 bridgehead atoms. The summed E-state index contributed by atoms with van der Waals surface area (Å²) in [6.45, 7) is 4.32. The second-order valence-electron chi connectivity index (χ2n) is 6.52. The smallest absolute Gasteiger partial charge is 0.322 e. The van der Waals surface area contributed by atoms with Crippen LogP contribution in [-0.2, 0) is 4.79 Å². The van der Waals surface area contributed by atoms with Crippen molar-refractivity contribution in [2.24, 2.45) is 0 Å². The summed E-state index contributed by atoms with van der Waals surface area (Å²) < 4.78 is 13.8. The molecule has 1 saturated heterocycles. The highest BCUT2D eigenvalue weighted by Crippen LogP contribution is 2.24. The van der Waals surface area contributed by atoms with E-state index in [-0.39, 0.29) is 11.6 Å². The Balaban J connectivity index is 1.72. The van der Waals surface area contributed by atoms with Gasteiger partial charge in [0.1, 0.15) is 11.9 Å². The average Bonchev–Trinajstić information content (AvgIpc) is 3.10. The topological polar surface area (TPSA) is 61.4 Å². The number of likely N-dealkylation sites (tertiary alicyclic amines) is 1. The number of para-hydroxylation sites is 2. The van der Waals surface area contributed by atoms with E-state index < -0.39 is 17.9 Å². The lowest BCUT2D eigenvalue weighted by molar-refractivity contribution is -0.119. The van der Waals surface area contributed by atoms with Crippen molar-refractivity contribution in [3.05, 3.63) is 59.4 Å². The van der Waals surface area contributed by atoms with E-state index in [1.165, 1.54) is 17.0 Å². The molecule has 136 valence electrons. The molecular formula is C20H22FN3O2. The normalized spacial score (nSPS) is 16.4. The third-order valence-electron chi connectivity index (χ3n) is 4.66. The summed E-state index contributed by atoms with van der Waals surface area (Å²) in [4.78, 5) is 26.8. The fraction of sp³-hybridized carbons (Fsp3) is 0.300. The third-order valence-corrected chi connectivity index (χ3v) is 4.66. The first-order valence-electron chi connectivity index (χ1n) is 8.66. The highest BCUT2D eigenvalue weighted by Gasteiger charge is 2.34. The Labute approximate surface area is 152 Å². The van der Waals surface area contributed by atoms with Crippen LogP contribution in [0.1, 0.15) is 24.0 Å². The Morgan fingerprint density at radius 2 is 1.73 bits per heavy atom. The lowest BCUT2D eigenvalue weighted by atomic mass is 10.1. The van der Waals surface area contributed by atoms with Crippen molar-refractivity contribution in [3.63, 3.8) is 0 Å². The molecule has 6 heteroatoms. The summed E-state index contributed by atoms with van der Waals surface area (Å²) in [7, 11) is 0. The van der Waals surface area contributed by atoms with Gasteiger partial charge in [-0.25, -0.2) is 9.18 Å². The van der Waals surface area contributed by atoms with E-state index in [1.54, 1.807) is 12.1 Å². The van der Waals surface area contributed by atoms with Crippen LogP contribution in [0.25, 0.3) is 0 Å². The quantitative estimate of drug-likeness (QED) is 0.871. The van der Waals surface area contributed by atoms with Crippen LogP contribution in [0.15, 0.2) is 42.5 Å². The molecule has 0 aromatic heterocycles. The largest absolute Gasteiger partial charge is 0.324 e. The molecule has 1 atom stereocenters. The molecule has 26 heavy (non-hydrogen) atoms. The molecule has 2 aromatic rings.